The van der Waals surface area contributed by atoms with Crippen LogP contribution in [-0.4, -0.2) is 45.1 Å². The highest BCUT2D eigenvalue weighted by atomic mass is 32.1. The molecule has 0 aromatic carbocycles. The molecule has 2 N–H and O–H groups in total. The number of aromatic nitrogens is 4. The van der Waals surface area contributed by atoms with Crippen LogP contribution >= 0.6 is 11.3 Å². The lowest BCUT2D eigenvalue weighted by atomic mass is 9.83. The molecule has 1 aliphatic carbocycles. The number of aromatic amines is 1. The molecule has 4 heterocycles. The highest BCUT2D eigenvalue weighted by Crippen LogP contribution is 2.32. The van der Waals surface area contributed by atoms with Crippen molar-refractivity contribution in [1.82, 2.24) is 25.3 Å². The summed E-state index contributed by atoms with van der Waals surface area (Å²) >= 11 is 1.50. The highest BCUT2D eigenvalue weighted by molar-refractivity contribution is 7.18. The number of hydrogen-bond donors (Lipinski definition) is 2. The topological polar surface area (TPSA) is 86.8 Å². The summed E-state index contributed by atoms with van der Waals surface area (Å²) in [6.45, 7) is 5.77. The predicted octanol–water partition coefficient (Wildman–Crippen LogP) is 1.74. The molecule has 25 heavy (non-hydrogen) atoms. The van der Waals surface area contributed by atoms with E-state index in [1.807, 2.05) is 6.92 Å². The lowest BCUT2D eigenvalue weighted by Gasteiger charge is -2.50. The second kappa shape index (κ2) is 5.47. The molecular formula is C17H20N6OS. The van der Waals surface area contributed by atoms with E-state index < -0.39 is 0 Å². The number of fused-ring (bicyclic) bond motifs is 3. The molecule has 0 unspecified atom stereocenters. The number of nitrogens with zero attached hydrogens (tertiary/aromatic N) is 4. The third-order valence-corrected chi connectivity index (χ3v) is 6.23. The van der Waals surface area contributed by atoms with Gasteiger partial charge in [0.25, 0.3) is 0 Å². The molecule has 7 nitrogen and oxygen atoms in total. The molecular weight excluding hydrogens is 336 g/mol. The Hall–Kier alpha value is -2.06. The zero-order valence-electron chi connectivity index (χ0n) is 14.3. The number of rotatable bonds is 2. The summed E-state index contributed by atoms with van der Waals surface area (Å²) in [6.07, 6.45) is 3.09. The summed E-state index contributed by atoms with van der Waals surface area (Å²) in [4.78, 5) is 33.3. The maximum absolute atomic E-state index is 13.3. The van der Waals surface area contributed by atoms with Crippen LogP contribution in [0.1, 0.15) is 30.5 Å². The molecule has 130 valence electrons. The summed E-state index contributed by atoms with van der Waals surface area (Å²) in [5.74, 6) is 0. The van der Waals surface area contributed by atoms with E-state index in [0.717, 1.165) is 47.2 Å². The molecule has 0 radical (unpaired) electrons. The van der Waals surface area contributed by atoms with Crippen molar-refractivity contribution in [3.05, 3.63) is 20.9 Å². The van der Waals surface area contributed by atoms with Crippen molar-refractivity contribution in [3.63, 3.8) is 0 Å². The molecule has 1 aliphatic heterocycles. The van der Waals surface area contributed by atoms with Gasteiger partial charge >= 0.3 is 0 Å². The molecule has 3 aromatic heterocycles. The van der Waals surface area contributed by atoms with Gasteiger partial charge in [-0.1, -0.05) is 18.3 Å². The summed E-state index contributed by atoms with van der Waals surface area (Å²) in [7, 11) is 0. The van der Waals surface area contributed by atoms with E-state index >= 15 is 0 Å². The molecule has 0 amide bonds. The maximum atomic E-state index is 13.3. The fourth-order valence-corrected chi connectivity index (χ4v) is 4.76. The van der Waals surface area contributed by atoms with E-state index in [2.05, 4.69) is 37.1 Å². The van der Waals surface area contributed by atoms with Crippen LogP contribution in [0, 0.1) is 6.92 Å². The Kier molecular flexibility index (Phi) is 3.33. The standard InChI is InChI=1S/C17H20N6OS/c1-3-9-13(23-7-6-18-10-4-5-11(10)23)14(24)12-15(20-9)22-17-16(21-12)19-8(2)25-17/h10-11,18H,3-7H2,1-2H3,(H,20,22,24)/t10-,11-/m0/s1. The van der Waals surface area contributed by atoms with Crippen molar-refractivity contribution in [2.45, 2.75) is 45.2 Å². The lowest BCUT2D eigenvalue weighted by Crippen LogP contribution is -2.64. The van der Waals surface area contributed by atoms with Crippen molar-refractivity contribution in [1.29, 1.82) is 0 Å². The number of piperazine rings is 1. The molecule has 0 spiro atoms. The van der Waals surface area contributed by atoms with Gasteiger partial charge in [0.1, 0.15) is 5.69 Å². The van der Waals surface area contributed by atoms with Gasteiger partial charge in [0.2, 0.25) is 5.43 Å². The van der Waals surface area contributed by atoms with Crippen LogP contribution in [0.2, 0.25) is 0 Å². The molecule has 2 atom stereocenters. The maximum Gasteiger partial charge on any atom is 0.233 e. The van der Waals surface area contributed by atoms with E-state index in [-0.39, 0.29) is 5.43 Å². The number of anilines is 1. The van der Waals surface area contributed by atoms with E-state index in [0.29, 0.717) is 28.9 Å². The number of aryl methyl sites for hydroxylation is 2. The van der Waals surface area contributed by atoms with Crippen LogP contribution in [0.25, 0.3) is 21.6 Å². The first kappa shape index (κ1) is 15.2. The fraction of sp³-hybridized carbons (Fsp3) is 0.529. The van der Waals surface area contributed by atoms with Crippen molar-refractivity contribution in [2.75, 3.05) is 18.0 Å². The zero-order valence-corrected chi connectivity index (χ0v) is 15.1. The number of hydrogen-bond acceptors (Lipinski definition) is 7. The minimum atomic E-state index is -0.0156. The number of pyridine rings is 1. The molecule has 8 heteroatoms. The van der Waals surface area contributed by atoms with Crippen LogP contribution in [-0.2, 0) is 6.42 Å². The SMILES string of the molecule is CCc1[nH]c2nc3sc(C)nc3nc2c(=O)c1N1CCN[C@H]2CC[C@@H]21. The summed E-state index contributed by atoms with van der Waals surface area (Å²) in [5, 5.41) is 4.46. The minimum absolute atomic E-state index is 0.0156. The fourth-order valence-electron chi connectivity index (χ4n) is 4.03. The van der Waals surface area contributed by atoms with E-state index in [1.165, 1.54) is 17.8 Å². The first-order chi connectivity index (χ1) is 12.2. The van der Waals surface area contributed by atoms with E-state index in [4.69, 9.17) is 0 Å². The van der Waals surface area contributed by atoms with Gasteiger partial charge in [0.05, 0.1) is 5.01 Å². The van der Waals surface area contributed by atoms with Crippen LogP contribution < -0.4 is 15.6 Å². The number of thiazole rings is 1. The second-order valence-electron chi connectivity index (χ2n) is 6.82. The third kappa shape index (κ3) is 2.20. The smallest absolute Gasteiger partial charge is 0.233 e. The van der Waals surface area contributed by atoms with Crippen LogP contribution in [0.15, 0.2) is 4.79 Å². The monoisotopic (exact) mass is 356 g/mol. The normalized spacial score (nSPS) is 23.0. The first-order valence-electron chi connectivity index (χ1n) is 8.85. The van der Waals surface area contributed by atoms with E-state index in [9.17, 15) is 4.79 Å². The molecule has 1 saturated heterocycles. The molecule has 3 aromatic rings. The van der Waals surface area contributed by atoms with Crippen LogP contribution in [0.5, 0.6) is 0 Å². The highest BCUT2D eigenvalue weighted by Gasteiger charge is 2.40. The summed E-state index contributed by atoms with van der Waals surface area (Å²) < 4.78 is 0. The summed E-state index contributed by atoms with van der Waals surface area (Å²) in [5.41, 5.74) is 3.27. The van der Waals surface area contributed by atoms with Gasteiger partial charge in [-0.15, -0.1) is 0 Å². The molecule has 2 fully saturated rings. The Balaban J connectivity index is 1.75. The van der Waals surface area contributed by atoms with Gasteiger partial charge in [-0.2, -0.15) is 0 Å². The Bertz CT molecular complexity index is 1040. The Labute approximate surface area is 148 Å². The van der Waals surface area contributed by atoms with Crippen molar-refractivity contribution in [3.8, 4) is 0 Å². The van der Waals surface area contributed by atoms with Gasteiger partial charge < -0.3 is 15.2 Å². The minimum Gasteiger partial charge on any atom is -0.361 e. The molecule has 0 bridgehead atoms. The third-order valence-electron chi connectivity index (χ3n) is 5.38. The Morgan fingerprint density at radius 3 is 2.92 bits per heavy atom. The molecule has 5 rings (SSSR count). The van der Waals surface area contributed by atoms with Gasteiger partial charge in [-0.3, -0.25) is 4.79 Å². The quantitative estimate of drug-likeness (QED) is 0.727. The average Bonchev–Trinajstić information content (AvgIpc) is 2.93. The predicted molar refractivity (Wildman–Crippen MR) is 99.6 cm³/mol. The Morgan fingerprint density at radius 2 is 2.16 bits per heavy atom. The molecule has 1 saturated carbocycles. The van der Waals surface area contributed by atoms with Gasteiger partial charge in [0.15, 0.2) is 21.6 Å². The van der Waals surface area contributed by atoms with Gasteiger partial charge in [-0.05, 0) is 26.2 Å². The van der Waals surface area contributed by atoms with Gasteiger partial charge in [-0.25, -0.2) is 15.0 Å². The van der Waals surface area contributed by atoms with Gasteiger partial charge in [0, 0.05) is 30.9 Å². The molecule has 2 aliphatic rings. The summed E-state index contributed by atoms with van der Waals surface area (Å²) in [6, 6.07) is 0.916. The van der Waals surface area contributed by atoms with Crippen LogP contribution in [0.4, 0.5) is 5.69 Å². The second-order valence-corrected chi connectivity index (χ2v) is 8.00. The van der Waals surface area contributed by atoms with Crippen molar-refractivity contribution in [2.24, 2.45) is 0 Å². The van der Waals surface area contributed by atoms with Crippen molar-refractivity contribution < 1.29 is 0 Å². The largest absolute Gasteiger partial charge is 0.361 e. The Morgan fingerprint density at radius 1 is 1.28 bits per heavy atom. The van der Waals surface area contributed by atoms with E-state index in [1.54, 1.807) is 0 Å². The van der Waals surface area contributed by atoms with Crippen LogP contribution in [0.3, 0.4) is 0 Å². The van der Waals surface area contributed by atoms with Crippen molar-refractivity contribution >= 4 is 38.7 Å². The number of nitrogens with one attached hydrogen (secondary N) is 2. The zero-order chi connectivity index (χ0) is 17.1. The first-order valence-corrected chi connectivity index (χ1v) is 9.67. The lowest BCUT2D eigenvalue weighted by molar-refractivity contribution is 0.240. The average molecular weight is 356 g/mol. The number of H-pyrrole nitrogens is 1.